The van der Waals surface area contributed by atoms with Gasteiger partial charge in [-0.2, -0.15) is 0 Å². The molecule has 0 aromatic carbocycles. The highest BCUT2D eigenvalue weighted by Gasteiger charge is 2.03. The number of nitrogens with two attached hydrogens (primary N) is 1. The number of primary amides is 1. The largest absolute Gasteiger partial charge is 0.391 e. The van der Waals surface area contributed by atoms with Crippen LogP contribution in [0.4, 0.5) is 0 Å². The van der Waals surface area contributed by atoms with Crippen molar-refractivity contribution in [2.75, 3.05) is 7.05 Å². The van der Waals surface area contributed by atoms with Crippen molar-refractivity contribution in [1.82, 2.24) is 5.32 Å². The van der Waals surface area contributed by atoms with Crippen molar-refractivity contribution < 1.29 is 4.79 Å². The van der Waals surface area contributed by atoms with E-state index in [-0.39, 0.29) is 5.91 Å². The number of amides is 1. The van der Waals surface area contributed by atoms with Crippen molar-refractivity contribution >= 4 is 5.91 Å². The molecule has 0 aromatic rings. The fourth-order valence-electron chi connectivity index (χ4n) is 0.899. The Bertz CT molecular complexity index is 173. The van der Waals surface area contributed by atoms with Crippen molar-refractivity contribution in [2.45, 2.75) is 26.7 Å². The van der Waals surface area contributed by atoms with E-state index < -0.39 is 0 Å². The lowest BCUT2D eigenvalue weighted by molar-refractivity contribution is -0.114. The first-order valence-electron chi connectivity index (χ1n) is 3.80. The molecular weight excluding hydrogens is 140 g/mol. The lowest BCUT2D eigenvalue weighted by Crippen LogP contribution is -2.18. The Labute approximate surface area is 67.7 Å². The molecule has 11 heavy (non-hydrogen) atoms. The highest BCUT2D eigenvalue weighted by atomic mass is 16.1. The third-order valence-corrected chi connectivity index (χ3v) is 1.62. The minimum absolute atomic E-state index is 0.345. The molecule has 0 aliphatic carbocycles. The van der Waals surface area contributed by atoms with Gasteiger partial charge in [-0.1, -0.05) is 13.3 Å². The van der Waals surface area contributed by atoms with Crippen LogP contribution in [0.2, 0.25) is 0 Å². The Kier molecular flexibility index (Phi) is 4.34. The Morgan fingerprint density at radius 1 is 1.55 bits per heavy atom. The molecule has 0 aromatic heterocycles. The number of hydrogen-bond donors (Lipinski definition) is 2. The van der Waals surface area contributed by atoms with E-state index >= 15 is 0 Å². The van der Waals surface area contributed by atoms with Gasteiger partial charge in [0.05, 0.1) is 0 Å². The maximum absolute atomic E-state index is 10.7. The predicted molar refractivity (Wildman–Crippen MR) is 45.9 cm³/mol. The molecular formula is C8H16N2O. The van der Waals surface area contributed by atoms with Gasteiger partial charge in [-0.3, -0.25) is 4.79 Å². The van der Waals surface area contributed by atoms with E-state index in [0.29, 0.717) is 5.57 Å². The van der Waals surface area contributed by atoms with Gasteiger partial charge in [-0.05, 0) is 13.3 Å². The summed E-state index contributed by atoms with van der Waals surface area (Å²) in [6.45, 7) is 3.80. The second-order valence-corrected chi connectivity index (χ2v) is 2.47. The van der Waals surface area contributed by atoms with E-state index in [1.54, 1.807) is 14.0 Å². The monoisotopic (exact) mass is 156 g/mol. The van der Waals surface area contributed by atoms with E-state index in [1.165, 1.54) is 0 Å². The molecule has 64 valence electrons. The van der Waals surface area contributed by atoms with Gasteiger partial charge in [0.25, 0.3) is 0 Å². The normalized spacial score (nSPS) is 12.3. The van der Waals surface area contributed by atoms with Crippen molar-refractivity contribution in [2.24, 2.45) is 5.73 Å². The van der Waals surface area contributed by atoms with E-state index in [0.717, 1.165) is 18.5 Å². The van der Waals surface area contributed by atoms with Crippen molar-refractivity contribution in [3.63, 3.8) is 0 Å². The first-order valence-corrected chi connectivity index (χ1v) is 3.80. The first-order chi connectivity index (χ1) is 5.13. The number of allylic oxidation sites excluding steroid dienone is 1. The Balaban J connectivity index is 4.39. The molecule has 1 amide bonds. The maximum Gasteiger partial charge on any atom is 0.246 e. The van der Waals surface area contributed by atoms with Gasteiger partial charge >= 0.3 is 0 Å². The fraction of sp³-hybridized carbons (Fsp3) is 0.625. The molecule has 0 aliphatic rings. The number of carbonyl (C=O) groups excluding carboxylic acids is 1. The third kappa shape index (κ3) is 3.07. The van der Waals surface area contributed by atoms with Gasteiger partial charge in [0.1, 0.15) is 0 Å². The number of carbonyl (C=O) groups is 1. The summed E-state index contributed by atoms with van der Waals surface area (Å²) in [7, 11) is 1.80. The summed E-state index contributed by atoms with van der Waals surface area (Å²) in [5.74, 6) is -0.345. The van der Waals surface area contributed by atoms with Gasteiger partial charge in [-0.25, -0.2) is 0 Å². The first kappa shape index (κ1) is 10.0. The topological polar surface area (TPSA) is 55.1 Å². The van der Waals surface area contributed by atoms with E-state index in [4.69, 9.17) is 5.73 Å². The zero-order chi connectivity index (χ0) is 8.85. The number of rotatable bonds is 4. The van der Waals surface area contributed by atoms with Crippen LogP contribution in [-0.4, -0.2) is 13.0 Å². The van der Waals surface area contributed by atoms with Crippen LogP contribution in [0.3, 0.4) is 0 Å². The van der Waals surface area contributed by atoms with Crippen molar-refractivity contribution in [3.05, 3.63) is 11.3 Å². The van der Waals surface area contributed by atoms with Gasteiger partial charge in [-0.15, -0.1) is 0 Å². The van der Waals surface area contributed by atoms with Crippen LogP contribution in [0.15, 0.2) is 11.3 Å². The van der Waals surface area contributed by atoms with Crippen LogP contribution >= 0.6 is 0 Å². The van der Waals surface area contributed by atoms with Crippen molar-refractivity contribution in [3.8, 4) is 0 Å². The highest BCUT2D eigenvalue weighted by molar-refractivity contribution is 5.91. The third-order valence-electron chi connectivity index (χ3n) is 1.62. The second-order valence-electron chi connectivity index (χ2n) is 2.47. The van der Waals surface area contributed by atoms with Crippen LogP contribution in [0.5, 0.6) is 0 Å². The van der Waals surface area contributed by atoms with Gasteiger partial charge in [0, 0.05) is 18.3 Å². The summed E-state index contributed by atoms with van der Waals surface area (Å²) in [6.07, 6.45) is 1.89. The van der Waals surface area contributed by atoms with Crippen LogP contribution in [-0.2, 0) is 4.79 Å². The molecule has 3 heteroatoms. The lowest BCUT2D eigenvalue weighted by Gasteiger charge is -2.07. The summed E-state index contributed by atoms with van der Waals surface area (Å²) >= 11 is 0. The molecule has 3 nitrogen and oxygen atoms in total. The number of nitrogens with one attached hydrogen (secondary N) is 1. The summed E-state index contributed by atoms with van der Waals surface area (Å²) in [5, 5.41) is 2.96. The molecule has 0 rings (SSSR count). The van der Waals surface area contributed by atoms with Crippen LogP contribution in [0.1, 0.15) is 26.7 Å². The Morgan fingerprint density at radius 2 is 2.09 bits per heavy atom. The van der Waals surface area contributed by atoms with Crippen LogP contribution < -0.4 is 11.1 Å². The predicted octanol–water partition coefficient (Wildman–Crippen LogP) is 0.765. The molecule has 0 fully saturated rings. The second kappa shape index (κ2) is 4.77. The lowest BCUT2D eigenvalue weighted by atomic mass is 10.1. The smallest absolute Gasteiger partial charge is 0.246 e. The van der Waals surface area contributed by atoms with Gasteiger partial charge < -0.3 is 11.1 Å². The van der Waals surface area contributed by atoms with Gasteiger partial charge in [0.15, 0.2) is 0 Å². The van der Waals surface area contributed by atoms with E-state index in [1.807, 2.05) is 0 Å². The molecule has 0 spiro atoms. The molecule has 0 heterocycles. The Morgan fingerprint density at radius 3 is 2.36 bits per heavy atom. The summed E-state index contributed by atoms with van der Waals surface area (Å²) in [4.78, 5) is 10.7. The molecule has 0 bridgehead atoms. The van der Waals surface area contributed by atoms with Crippen LogP contribution in [0, 0.1) is 0 Å². The molecule has 0 radical (unpaired) electrons. The maximum atomic E-state index is 10.7. The summed E-state index contributed by atoms with van der Waals surface area (Å²) in [5.41, 5.74) is 6.68. The minimum Gasteiger partial charge on any atom is -0.391 e. The molecule has 0 saturated carbocycles. The van der Waals surface area contributed by atoms with Crippen molar-refractivity contribution in [1.29, 1.82) is 0 Å². The average Bonchev–Trinajstić information content (AvgIpc) is 1.98. The molecule has 0 unspecified atom stereocenters. The number of hydrogen-bond acceptors (Lipinski definition) is 2. The molecule has 3 N–H and O–H groups in total. The Hall–Kier alpha value is -0.990. The highest BCUT2D eigenvalue weighted by Crippen LogP contribution is 2.06. The summed E-state index contributed by atoms with van der Waals surface area (Å²) < 4.78 is 0. The molecule has 0 saturated heterocycles. The van der Waals surface area contributed by atoms with E-state index in [9.17, 15) is 4.79 Å². The SMILES string of the molecule is CCC/C(NC)=C(/C)C(N)=O. The molecule has 0 aliphatic heterocycles. The van der Waals surface area contributed by atoms with Gasteiger partial charge in [0.2, 0.25) is 5.91 Å². The standard InChI is InChI=1S/C8H16N2O/c1-4-5-7(10-3)6(2)8(9)11/h10H,4-5H2,1-3H3,(H2,9,11)/b7-6+. The van der Waals surface area contributed by atoms with E-state index in [2.05, 4.69) is 12.2 Å². The van der Waals surface area contributed by atoms with Crippen LogP contribution in [0.25, 0.3) is 0 Å². The molecule has 0 atom stereocenters. The average molecular weight is 156 g/mol. The minimum atomic E-state index is -0.345. The zero-order valence-electron chi connectivity index (χ0n) is 7.40. The quantitative estimate of drug-likeness (QED) is 0.590. The zero-order valence-corrected chi connectivity index (χ0v) is 7.40. The fourth-order valence-corrected chi connectivity index (χ4v) is 0.899. The summed E-state index contributed by atoms with van der Waals surface area (Å²) in [6, 6.07) is 0.